The lowest BCUT2D eigenvalue weighted by atomic mass is 10.2. The van der Waals surface area contributed by atoms with E-state index in [0.29, 0.717) is 4.90 Å². The molecular formula is C11H13FO2S. The number of aryl methyl sites for hydroxylation is 1. The minimum Gasteiger partial charge on any atom is -0.295 e. The third-order valence-electron chi connectivity index (χ3n) is 2.16. The molecule has 0 aliphatic carbocycles. The van der Waals surface area contributed by atoms with E-state index in [4.69, 9.17) is 0 Å². The maximum Gasteiger partial charge on any atom is 0.179 e. The van der Waals surface area contributed by atoms with Crippen LogP contribution in [0.15, 0.2) is 29.2 Å². The summed E-state index contributed by atoms with van der Waals surface area (Å²) in [4.78, 5) is 11.6. The van der Waals surface area contributed by atoms with Crippen molar-refractivity contribution in [2.24, 2.45) is 0 Å². The number of rotatable bonds is 4. The van der Waals surface area contributed by atoms with Crippen LogP contribution in [0.5, 0.6) is 0 Å². The monoisotopic (exact) mass is 228 g/mol. The van der Waals surface area contributed by atoms with Crippen molar-refractivity contribution >= 4 is 16.6 Å². The summed E-state index contributed by atoms with van der Waals surface area (Å²) in [6.07, 6.45) is 0. The van der Waals surface area contributed by atoms with Crippen molar-refractivity contribution in [3.8, 4) is 0 Å². The molecule has 1 unspecified atom stereocenters. The van der Waals surface area contributed by atoms with Crippen molar-refractivity contribution in [3.05, 3.63) is 29.8 Å². The molecule has 0 aromatic heterocycles. The van der Waals surface area contributed by atoms with Gasteiger partial charge in [0, 0.05) is 4.90 Å². The van der Waals surface area contributed by atoms with Crippen molar-refractivity contribution in [2.45, 2.75) is 24.0 Å². The van der Waals surface area contributed by atoms with Gasteiger partial charge in [0.25, 0.3) is 0 Å². The number of alkyl halides is 1. The second-order valence-corrected chi connectivity index (χ2v) is 5.13. The standard InChI is InChI=1S/C11H13FO2S/c1-8-3-5-10(6-4-8)15(14)9(2)11(13)7-12/h3-6,9H,7H2,1-2H3/t9?,15-/m1/s1. The number of hydrogen-bond acceptors (Lipinski definition) is 2. The third-order valence-corrected chi connectivity index (χ3v) is 3.80. The normalized spacial score (nSPS) is 14.6. The van der Waals surface area contributed by atoms with E-state index >= 15 is 0 Å². The number of halogens is 1. The van der Waals surface area contributed by atoms with Crippen molar-refractivity contribution in [3.63, 3.8) is 0 Å². The molecule has 2 nitrogen and oxygen atoms in total. The van der Waals surface area contributed by atoms with Gasteiger partial charge in [-0.05, 0) is 26.0 Å². The highest BCUT2D eigenvalue weighted by atomic mass is 32.2. The summed E-state index contributed by atoms with van der Waals surface area (Å²) in [5.74, 6) is -0.617. The molecule has 0 N–H and O–H groups in total. The lowest BCUT2D eigenvalue weighted by Gasteiger charge is -2.08. The van der Waals surface area contributed by atoms with E-state index < -0.39 is 28.5 Å². The Bertz CT molecular complexity index is 373. The number of carbonyl (C=O) groups excluding carboxylic acids is 1. The van der Waals surface area contributed by atoms with Crippen molar-refractivity contribution in [1.82, 2.24) is 0 Å². The molecule has 0 fully saturated rings. The Labute approximate surface area is 91.0 Å². The van der Waals surface area contributed by atoms with Gasteiger partial charge in [0.15, 0.2) is 5.78 Å². The second kappa shape index (κ2) is 5.16. The summed E-state index contributed by atoms with van der Waals surface area (Å²) in [5.41, 5.74) is 1.06. The average Bonchev–Trinajstić information content (AvgIpc) is 2.27. The molecule has 2 atom stereocenters. The number of Topliss-reactive ketones (excluding diaryl/α,β-unsaturated/α-hetero) is 1. The molecule has 0 spiro atoms. The zero-order valence-corrected chi connectivity index (χ0v) is 9.51. The van der Waals surface area contributed by atoms with Crippen LogP contribution in [0.4, 0.5) is 4.39 Å². The molecule has 0 aliphatic heterocycles. The van der Waals surface area contributed by atoms with E-state index in [0.717, 1.165) is 5.56 Å². The molecule has 0 saturated heterocycles. The summed E-state index contributed by atoms with van der Waals surface area (Å²) >= 11 is 0. The van der Waals surface area contributed by atoms with E-state index in [1.165, 1.54) is 6.92 Å². The highest BCUT2D eigenvalue weighted by molar-refractivity contribution is 7.86. The molecule has 0 aliphatic rings. The second-order valence-electron chi connectivity index (χ2n) is 3.35. The molecule has 15 heavy (non-hydrogen) atoms. The Hall–Kier alpha value is -1.03. The lowest BCUT2D eigenvalue weighted by Crippen LogP contribution is -2.23. The van der Waals surface area contributed by atoms with E-state index in [9.17, 15) is 13.4 Å². The molecule has 1 aromatic rings. The first kappa shape index (κ1) is 12.0. The molecular weight excluding hydrogens is 215 g/mol. The predicted octanol–water partition coefficient (Wildman–Crippen LogP) is 2.03. The highest BCUT2D eigenvalue weighted by Crippen LogP contribution is 2.13. The smallest absolute Gasteiger partial charge is 0.179 e. The molecule has 1 aromatic carbocycles. The first-order valence-electron chi connectivity index (χ1n) is 4.62. The molecule has 0 bridgehead atoms. The predicted molar refractivity (Wildman–Crippen MR) is 58.0 cm³/mol. The first-order valence-corrected chi connectivity index (χ1v) is 5.83. The van der Waals surface area contributed by atoms with E-state index in [1.807, 2.05) is 19.1 Å². The van der Waals surface area contributed by atoms with Crippen LogP contribution in [0.2, 0.25) is 0 Å². The van der Waals surface area contributed by atoms with Crippen LogP contribution < -0.4 is 0 Å². The maximum absolute atomic E-state index is 12.1. The van der Waals surface area contributed by atoms with Crippen molar-refractivity contribution in [1.29, 1.82) is 0 Å². The summed E-state index contributed by atoms with van der Waals surface area (Å²) in [5, 5.41) is -0.780. The number of ketones is 1. The van der Waals surface area contributed by atoms with Gasteiger partial charge in [0.2, 0.25) is 0 Å². The van der Waals surface area contributed by atoms with Gasteiger partial charge in [-0.3, -0.25) is 9.00 Å². The van der Waals surface area contributed by atoms with Crippen molar-refractivity contribution < 1.29 is 13.4 Å². The Kier molecular flexibility index (Phi) is 4.15. The van der Waals surface area contributed by atoms with Gasteiger partial charge in [-0.2, -0.15) is 0 Å². The highest BCUT2D eigenvalue weighted by Gasteiger charge is 2.20. The summed E-state index contributed by atoms with van der Waals surface area (Å²) < 4.78 is 23.9. The van der Waals surface area contributed by atoms with Crippen LogP contribution in [0.3, 0.4) is 0 Å². The number of benzene rings is 1. The fourth-order valence-electron chi connectivity index (χ4n) is 1.10. The van der Waals surface area contributed by atoms with Crippen LogP contribution in [0.25, 0.3) is 0 Å². The van der Waals surface area contributed by atoms with Gasteiger partial charge < -0.3 is 0 Å². The lowest BCUT2D eigenvalue weighted by molar-refractivity contribution is -0.119. The van der Waals surface area contributed by atoms with Crippen LogP contribution in [-0.4, -0.2) is 21.9 Å². The summed E-state index contributed by atoms with van der Waals surface area (Å²) in [6, 6.07) is 7.04. The minimum absolute atomic E-state index is 0.565. The van der Waals surface area contributed by atoms with Gasteiger partial charge in [0.05, 0.1) is 16.0 Å². The average molecular weight is 228 g/mol. The van der Waals surface area contributed by atoms with Gasteiger partial charge in [0.1, 0.15) is 6.67 Å². The molecule has 1 rings (SSSR count). The van der Waals surface area contributed by atoms with Gasteiger partial charge >= 0.3 is 0 Å². The van der Waals surface area contributed by atoms with E-state index in [2.05, 4.69) is 0 Å². The number of carbonyl (C=O) groups is 1. The minimum atomic E-state index is -1.46. The van der Waals surface area contributed by atoms with Gasteiger partial charge in [-0.1, -0.05) is 17.7 Å². The molecule has 0 radical (unpaired) electrons. The fourth-order valence-corrected chi connectivity index (χ4v) is 2.22. The summed E-state index contributed by atoms with van der Waals surface area (Å²) in [7, 11) is -1.46. The zero-order chi connectivity index (χ0) is 11.4. The van der Waals surface area contributed by atoms with Crippen LogP contribution in [-0.2, 0) is 15.6 Å². The maximum atomic E-state index is 12.1. The van der Waals surface area contributed by atoms with Gasteiger partial charge in [-0.15, -0.1) is 0 Å². The molecule has 0 saturated carbocycles. The van der Waals surface area contributed by atoms with Crippen LogP contribution in [0, 0.1) is 6.92 Å². The van der Waals surface area contributed by atoms with Crippen LogP contribution >= 0.6 is 0 Å². The van der Waals surface area contributed by atoms with Gasteiger partial charge in [-0.25, -0.2) is 4.39 Å². The summed E-state index contributed by atoms with van der Waals surface area (Å²) in [6.45, 7) is 2.35. The Morgan fingerprint density at radius 3 is 2.40 bits per heavy atom. The van der Waals surface area contributed by atoms with E-state index in [-0.39, 0.29) is 0 Å². The molecule has 0 amide bonds. The van der Waals surface area contributed by atoms with Crippen molar-refractivity contribution in [2.75, 3.05) is 6.67 Å². The SMILES string of the molecule is Cc1ccc([S@](=O)C(C)C(=O)CF)cc1. The zero-order valence-electron chi connectivity index (χ0n) is 8.70. The molecule has 82 valence electrons. The third kappa shape index (κ3) is 2.96. The van der Waals surface area contributed by atoms with Crippen LogP contribution in [0.1, 0.15) is 12.5 Å². The fraction of sp³-hybridized carbons (Fsp3) is 0.364. The Balaban J connectivity index is 2.85. The number of hydrogen-bond donors (Lipinski definition) is 0. The Morgan fingerprint density at radius 2 is 1.93 bits per heavy atom. The van der Waals surface area contributed by atoms with E-state index in [1.54, 1.807) is 12.1 Å². The first-order chi connectivity index (χ1) is 7.06. The molecule has 4 heteroatoms. The quantitative estimate of drug-likeness (QED) is 0.790. The molecule has 0 heterocycles. The Morgan fingerprint density at radius 1 is 1.40 bits per heavy atom. The topological polar surface area (TPSA) is 34.1 Å². The largest absolute Gasteiger partial charge is 0.295 e.